The van der Waals surface area contributed by atoms with E-state index in [0.717, 1.165) is 6.07 Å². The number of H-pyrrole nitrogens is 1. The zero-order valence-electron chi connectivity index (χ0n) is 10.4. The summed E-state index contributed by atoms with van der Waals surface area (Å²) < 4.78 is 18.6. The molecule has 0 unspecified atom stereocenters. The summed E-state index contributed by atoms with van der Waals surface area (Å²) >= 11 is 0. The number of aromatic nitrogens is 2. The van der Waals surface area contributed by atoms with Gasteiger partial charge in [0.2, 0.25) is 5.76 Å². The number of nitrogens with zero attached hydrogens (tertiary/aromatic N) is 1. The molecule has 1 amide bonds. The van der Waals surface area contributed by atoms with Crippen LogP contribution in [0.4, 0.5) is 10.2 Å². The van der Waals surface area contributed by atoms with E-state index in [4.69, 9.17) is 9.52 Å². The van der Waals surface area contributed by atoms with Gasteiger partial charge in [0, 0.05) is 6.07 Å². The molecule has 3 aromatic rings. The van der Waals surface area contributed by atoms with Crippen LogP contribution in [0.15, 0.2) is 34.7 Å². The van der Waals surface area contributed by atoms with Crippen LogP contribution in [0.2, 0.25) is 0 Å². The highest BCUT2D eigenvalue weighted by Crippen LogP contribution is 2.24. The number of nitrogens with one attached hydrogen (secondary N) is 2. The van der Waals surface area contributed by atoms with Gasteiger partial charge in [-0.2, -0.15) is 5.10 Å². The van der Waals surface area contributed by atoms with Crippen molar-refractivity contribution in [2.75, 3.05) is 5.32 Å². The number of carbonyl (C=O) groups is 2. The predicted octanol–water partition coefficient (Wildman–Crippen LogP) is 2.25. The molecule has 0 spiro atoms. The molecule has 106 valence electrons. The number of hydrogen-bond acceptors (Lipinski definition) is 4. The van der Waals surface area contributed by atoms with E-state index in [1.807, 2.05) is 0 Å². The lowest BCUT2D eigenvalue weighted by Crippen LogP contribution is -2.14. The number of benzene rings is 1. The van der Waals surface area contributed by atoms with Crippen molar-refractivity contribution in [2.45, 2.75) is 0 Å². The van der Waals surface area contributed by atoms with Gasteiger partial charge in [-0.25, -0.2) is 9.18 Å². The van der Waals surface area contributed by atoms with Crippen molar-refractivity contribution < 1.29 is 23.5 Å². The molecule has 2 aromatic heterocycles. The molecule has 2 heterocycles. The van der Waals surface area contributed by atoms with Gasteiger partial charge in [-0.1, -0.05) is 12.1 Å². The Kier molecular flexibility index (Phi) is 2.90. The number of fused-ring (bicyclic) bond motifs is 1. The highest BCUT2D eigenvalue weighted by Gasteiger charge is 2.19. The van der Waals surface area contributed by atoms with Crippen LogP contribution < -0.4 is 5.32 Å². The first kappa shape index (κ1) is 12.9. The summed E-state index contributed by atoms with van der Waals surface area (Å²) in [4.78, 5) is 22.8. The average Bonchev–Trinajstić information content (AvgIpc) is 3.01. The van der Waals surface area contributed by atoms with Crippen molar-refractivity contribution in [3.8, 4) is 0 Å². The molecule has 8 heteroatoms. The summed E-state index contributed by atoms with van der Waals surface area (Å²) in [7, 11) is 0. The van der Waals surface area contributed by atoms with Gasteiger partial charge >= 0.3 is 5.97 Å². The molecule has 3 N–H and O–H groups in total. The molecule has 3 rings (SSSR count). The number of amides is 1. The molecule has 0 atom stereocenters. The lowest BCUT2D eigenvalue weighted by molar-refractivity contribution is 0.0665. The van der Waals surface area contributed by atoms with Crippen molar-refractivity contribution in [1.82, 2.24) is 10.2 Å². The fraction of sp³-hybridized carbons (Fsp3) is 0. The molecule has 0 fully saturated rings. The molecule has 0 aliphatic rings. The van der Waals surface area contributed by atoms with Gasteiger partial charge < -0.3 is 14.8 Å². The molecule has 7 nitrogen and oxygen atoms in total. The smallest absolute Gasteiger partial charge is 0.371 e. The third-order valence-corrected chi connectivity index (χ3v) is 2.80. The van der Waals surface area contributed by atoms with Crippen LogP contribution in [0.5, 0.6) is 0 Å². The van der Waals surface area contributed by atoms with Crippen molar-refractivity contribution in [1.29, 1.82) is 0 Å². The van der Waals surface area contributed by atoms with Crippen LogP contribution in [-0.4, -0.2) is 27.2 Å². The van der Waals surface area contributed by atoms with Crippen LogP contribution in [0.25, 0.3) is 11.1 Å². The first-order chi connectivity index (χ1) is 10.1. The molecule has 1 aromatic carbocycles. The van der Waals surface area contributed by atoms with Gasteiger partial charge in [0.05, 0.1) is 5.56 Å². The van der Waals surface area contributed by atoms with Gasteiger partial charge in [-0.3, -0.25) is 9.89 Å². The van der Waals surface area contributed by atoms with E-state index in [1.165, 1.54) is 24.3 Å². The van der Waals surface area contributed by atoms with Crippen molar-refractivity contribution >= 4 is 28.8 Å². The average molecular weight is 289 g/mol. The number of carbonyl (C=O) groups excluding carboxylic acids is 1. The topological polar surface area (TPSA) is 108 Å². The highest BCUT2D eigenvalue weighted by atomic mass is 19.1. The summed E-state index contributed by atoms with van der Waals surface area (Å²) in [6.45, 7) is 0. The maximum Gasteiger partial charge on any atom is 0.371 e. The number of aromatic amines is 1. The third-order valence-electron chi connectivity index (χ3n) is 2.80. The van der Waals surface area contributed by atoms with Crippen LogP contribution >= 0.6 is 0 Å². The Bertz CT molecular complexity index is 852. The Morgan fingerprint density at radius 3 is 2.81 bits per heavy atom. The van der Waals surface area contributed by atoms with Gasteiger partial charge in [-0.05, 0) is 12.1 Å². The minimum Gasteiger partial charge on any atom is -0.475 e. The van der Waals surface area contributed by atoms with E-state index < -0.39 is 17.7 Å². The summed E-state index contributed by atoms with van der Waals surface area (Å²) in [5.74, 6) is -2.93. The number of carboxylic acid groups (broad SMARTS) is 1. The minimum atomic E-state index is -1.24. The zero-order valence-corrected chi connectivity index (χ0v) is 10.4. The Balaban J connectivity index is 1.93. The summed E-state index contributed by atoms with van der Waals surface area (Å²) in [5.41, 5.74) is 0.243. The molecule has 0 saturated heterocycles. The lowest BCUT2D eigenvalue weighted by atomic mass is 10.2. The SMILES string of the molecule is O=C(O)c1cc2[nH]nc(NC(=O)c3ccccc3F)c2o1. The first-order valence-electron chi connectivity index (χ1n) is 5.83. The number of halogens is 1. The van der Waals surface area contributed by atoms with Crippen LogP contribution in [0, 0.1) is 5.82 Å². The van der Waals surface area contributed by atoms with E-state index in [-0.39, 0.29) is 22.7 Å². The number of carboxylic acids is 1. The molecule has 21 heavy (non-hydrogen) atoms. The maximum atomic E-state index is 13.5. The van der Waals surface area contributed by atoms with Crippen molar-refractivity contribution in [3.63, 3.8) is 0 Å². The van der Waals surface area contributed by atoms with Crippen LogP contribution in [0.1, 0.15) is 20.9 Å². The largest absolute Gasteiger partial charge is 0.475 e. The number of hydrogen-bond donors (Lipinski definition) is 3. The molecule has 0 radical (unpaired) electrons. The Morgan fingerprint density at radius 2 is 2.10 bits per heavy atom. The normalized spacial score (nSPS) is 10.7. The van der Waals surface area contributed by atoms with E-state index in [2.05, 4.69) is 15.5 Å². The Labute approximate surface area is 116 Å². The molecule has 0 saturated carbocycles. The van der Waals surface area contributed by atoms with E-state index in [9.17, 15) is 14.0 Å². The van der Waals surface area contributed by atoms with E-state index in [1.54, 1.807) is 0 Å². The summed E-state index contributed by atoms with van der Waals surface area (Å²) in [6, 6.07) is 6.70. The van der Waals surface area contributed by atoms with Gasteiger partial charge in [0.1, 0.15) is 11.3 Å². The van der Waals surface area contributed by atoms with E-state index in [0.29, 0.717) is 5.52 Å². The first-order valence-corrected chi connectivity index (χ1v) is 5.83. The van der Waals surface area contributed by atoms with Gasteiger partial charge in [-0.15, -0.1) is 0 Å². The second-order valence-corrected chi connectivity index (χ2v) is 4.16. The zero-order chi connectivity index (χ0) is 15.0. The number of rotatable bonds is 3. The number of anilines is 1. The fourth-order valence-electron chi connectivity index (χ4n) is 1.83. The molecule has 0 aliphatic carbocycles. The monoisotopic (exact) mass is 289 g/mol. The third kappa shape index (κ3) is 2.22. The Hall–Kier alpha value is -3.16. The van der Waals surface area contributed by atoms with Crippen LogP contribution in [0.3, 0.4) is 0 Å². The molecule has 0 aliphatic heterocycles. The van der Waals surface area contributed by atoms with Gasteiger partial charge in [0.15, 0.2) is 11.4 Å². The second kappa shape index (κ2) is 4.75. The lowest BCUT2D eigenvalue weighted by Gasteiger charge is -2.02. The van der Waals surface area contributed by atoms with Crippen molar-refractivity contribution in [2.24, 2.45) is 0 Å². The maximum absolute atomic E-state index is 13.5. The highest BCUT2D eigenvalue weighted by molar-refractivity contribution is 6.07. The number of aromatic carboxylic acids is 1. The number of furan rings is 1. The minimum absolute atomic E-state index is 0.00856. The quantitative estimate of drug-likeness (QED) is 0.685. The molecule has 0 bridgehead atoms. The van der Waals surface area contributed by atoms with Crippen LogP contribution in [-0.2, 0) is 0 Å². The molecular formula is C13H8FN3O4. The fourth-order valence-corrected chi connectivity index (χ4v) is 1.83. The summed E-state index contributed by atoms with van der Waals surface area (Å²) in [6.07, 6.45) is 0. The van der Waals surface area contributed by atoms with Gasteiger partial charge in [0.25, 0.3) is 5.91 Å². The Morgan fingerprint density at radius 1 is 1.33 bits per heavy atom. The molecular weight excluding hydrogens is 281 g/mol. The van der Waals surface area contributed by atoms with E-state index >= 15 is 0 Å². The summed E-state index contributed by atoms with van der Waals surface area (Å²) in [5, 5.41) is 17.5. The van der Waals surface area contributed by atoms with Crippen molar-refractivity contribution in [3.05, 3.63) is 47.5 Å². The second-order valence-electron chi connectivity index (χ2n) is 4.16. The predicted molar refractivity (Wildman–Crippen MR) is 69.7 cm³/mol. The standard InChI is InChI=1S/C13H8FN3O4/c14-7-4-2-1-3-6(7)12(18)15-11-10-8(16-17-11)5-9(21-10)13(19)20/h1-5H,(H,19,20)(H2,15,16,17,18).